The molecule has 0 unspecified atom stereocenters. The van der Waals surface area contributed by atoms with Crippen LogP contribution >= 0.6 is 0 Å². The second-order valence-corrected chi connectivity index (χ2v) is 6.11. The van der Waals surface area contributed by atoms with Crippen molar-refractivity contribution in [3.63, 3.8) is 0 Å². The van der Waals surface area contributed by atoms with Gasteiger partial charge in [0, 0.05) is 5.69 Å². The molecule has 4 aromatic rings. The maximum absolute atomic E-state index is 5.78. The molecule has 1 heteroatoms. The summed E-state index contributed by atoms with van der Waals surface area (Å²) < 4.78 is 0. The molecule has 0 aliphatic rings. The Bertz CT molecular complexity index is 968. The van der Waals surface area contributed by atoms with E-state index < -0.39 is 0 Å². The van der Waals surface area contributed by atoms with E-state index in [0.29, 0.717) is 0 Å². The molecule has 0 aromatic heterocycles. The molecule has 0 bridgehead atoms. The third-order valence-electron chi connectivity index (χ3n) is 4.45. The predicted molar refractivity (Wildman–Crippen MR) is 107 cm³/mol. The second kappa shape index (κ2) is 6.66. The average Bonchev–Trinajstić information content (AvgIpc) is 2.69. The van der Waals surface area contributed by atoms with Crippen LogP contribution in [0, 0.1) is 0 Å². The first-order valence-corrected chi connectivity index (χ1v) is 8.42. The van der Waals surface area contributed by atoms with Gasteiger partial charge in [-0.1, -0.05) is 91.0 Å². The summed E-state index contributed by atoms with van der Waals surface area (Å²) in [5.74, 6) is 0. The third-order valence-corrected chi connectivity index (χ3v) is 4.45. The quantitative estimate of drug-likeness (QED) is 0.442. The zero-order chi connectivity index (χ0) is 17.1. The number of hydrogen-bond acceptors (Lipinski definition) is 1. The Morgan fingerprint density at radius 1 is 0.360 bits per heavy atom. The molecule has 0 amide bonds. The largest absolute Gasteiger partial charge is 0.399 e. The minimum absolute atomic E-state index is 0.789. The summed E-state index contributed by atoms with van der Waals surface area (Å²) in [7, 11) is 0. The molecule has 0 saturated carbocycles. The van der Waals surface area contributed by atoms with Gasteiger partial charge in [-0.05, 0) is 45.5 Å². The first-order valence-electron chi connectivity index (χ1n) is 8.42. The smallest absolute Gasteiger partial charge is 0.0314 e. The lowest BCUT2D eigenvalue weighted by atomic mass is 9.93. The molecule has 1 nitrogen and oxygen atoms in total. The fourth-order valence-corrected chi connectivity index (χ4v) is 3.12. The Labute approximate surface area is 148 Å². The Morgan fingerprint density at radius 3 is 1.32 bits per heavy atom. The van der Waals surface area contributed by atoms with E-state index >= 15 is 0 Å². The van der Waals surface area contributed by atoms with E-state index in [1.54, 1.807) is 0 Å². The highest BCUT2D eigenvalue weighted by molar-refractivity contribution is 5.84. The van der Waals surface area contributed by atoms with Crippen molar-refractivity contribution in [1.82, 2.24) is 0 Å². The predicted octanol–water partition coefficient (Wildman–Crippen LogP) is 6.27. The van der Waals surface area contributed by atoms with Gasteiger partial charge in [-0.3, -0.25) is 0 Å². The molecule has 0 radical (unpaired) electrons. The molecule has 0 aliphatic carbocycles. The highest BCUT2D eigenvalue weighted by Crippen LogP contribution is 2.33. The number of benzene rings is 4. The lowest BCUT2D eigenvalue weighted by Gasteiger charge is -2.11. The number of anilines is 1. The maximum Gasteiger partial charge on any atom is 0.0314 e. The van der Waals surface area contributed by atoms with Gasteiger partial charge < -0.3 is 5.73 Å². The van der Waals surface area contributed by atoms with Gasteiger partial charge in [0.25, 0.3) is 0 Å². The van der Waals surface area contributed by atoms with Crippen LogP contribution in [-0.2, 0) is 0 Å². The van der Waals surface area contributed by atoms with Crippen molar-refractivity contribution in [1.29, 1.82) is 0 Å². The lowest BCUT2D eigenvalue weighted by molar-refractivity contribution is 1.57. The van der Waals surface area contributed by atoms with E-state index in [2.05, 4.69) is 84.9 Å². The lowest BCUT2D eigenvalue weighted by Crippen LogP contribution is -1.86. The number of rotatable bonds is 3. The van der Waals surface area contributed by atoms with Gasteiger partial charge in [0.1, 0.15) is 0 Å². The summed E-state index contributed by atoms with van der Waals surface area (Å²) in [4.78, 5) is 0. The Morgan fingerprint density at radius 2 is 0.760 bits per heavy atom. The van der Waals surface area contributed by atoms with Gasteiger partial charge in [-0.15, -0.1) is 0 Å². The highest BCUT2D eigenvalue weighted by atomic mass is 14.5. The van der Waals surface area contributed by atoms with Gasteiger partial charge in [0.2, 0.25) is 0 Å². The molecule has 25 heavy (non-hydrogen) atoms. The molecule has 4 rings (SSSR count). The van der Waals surface area contributed by atoms with Gasteiger partial charge in [0.15, 0.2) is 0 Å². The molecule has 0 heterocycles. The molecule has 0 aliphatic heterocycles. The van der Waals surface area contributed by atoms with Crippen LogP contribution in [0.3, 0.4) is 0 Å². The van der Waals surface area contributed by atoms with Crippen molar-refractivity contribution >= 4 is 5.69 Å². The van der Waals surface area contributed by atoms with Crippen molar-refractivity contribution in [2.45, 2.75) is 0 Å². The fourth-order valence-electron chi connectivity index (χ4n) is 3.12. The molecular weight excluding hydrogens is 302 g/mol. The van der Waals surface area contributed by atoms with Crippen LogP contribution in [0.4, 0.5) is 5.69 Å². The highest BCUT2D eigenvalue weighted by Gasteiger charge is 2.07. The van der Waals surface area contributed by atoms with Crippen molar-refractivity contribution < 1.29 is 0 Å². The van der Waals surface area contributed by atoms with Crippen LogP contribution in [0.2, 0.25) is 0 Å². The summed E-state index contributed by atoms with van der Waals surface area (Å²) >= 11 is 0. The summed E-state index contributed by atoms with van der Waals surface area (Å²) in [6.45, 7) is 0. The molecule has 0 spiro atoms. The van der Waals surface area contributed by atoms with Crippen LogP contribution in [0.1, 0.15) is 0 Å². The van der Waals surface area contributed by atoms with Crippen molar-refractivity contribution in [2.75, 3.05) is 5.73 Å². The Kier molecular flexibility index (Phi) is 4.05. The van der Waals surface area contributed by atoms with Crippen LogP contribution < -0.4 is 5.73 Å². The molecule has 2 N–H and O–H groups in total. The standard InChI is InChI=1S/C24H19N/c25-22-16-14-19(15-17-22)18-10-12-21(13-11-18)24-9-5-4-8-23(24)20-6-2-1-3-7-20/h1-17H,25H2. The molecule has 0 saturated heterocycles. The Balaban J connectivity index is 1.73. The Hall–Kier alpha value is -3.32. The summed E-state index contributed by atoms with van der Waals surface area (Å²) in [6, 6.07) is 35.8. The van der Waals surface area contributed by atoms with Crippen LogP contribution in [0.25, 0.3) is 33.4 Å². The minimum Gasteiger partial charge on any atom is -0.399 e. The molecule has 4 aromatic carbocycles. The van der Waals surface area contributed by atoms with Crippen LogP contribution in [-0.4, -0.2) is 0 Å². The van der Waals surface area contributed by atoms with Gasteiger partial charge in [-0.2, -0.15) is 0 Å². The van der Waals surface area contributed by atoms with Gasteiger partial charge in [0.05, 0.1) is 0 Å². The van der Waals surface area contributed by atoms with Gasteiger partial charge >= 0.3 is 0 Å². The van der Waals surface area contributed by atoms with Crippen molar-refractivity contribution in [3.05, 3.63) is 103 Å². The number of nitrogens with two attached hydrogens (primary N) is 1. The van der Waals surface area contributed by atoms with Crippen molar-refractivity contribution in [2.24, 2.45) is 0 Å². The van der Waals surface area contributed by atoms with E-state index in [1.165, 1.54) is 33.4 Å². The van der Waals surface area contributed by atoms with Crippen molar-refractivity contribution in [3.8, 4) is 33.4 Å². The van der Waals surface area contributed by atoms with E-state index in [0.717, 1.165) is 5.69 Å². The second-order valence-electron chi connectivity index (χ2n) is 6.11. The van der Waals surface area contributed by atoms with E-state index in [-0.39, 0.29) is 0 Å². The zero-order valence-electron chi connectivity index (χ0n) is 13.9. The SMILES string of the molecule is Nc1ccc(-c2ccc(-c3ccccc3-c3ccccc3)cc2)cc1. The molecule has 120 valence electrons. The number of nitrogen functional groups attached to an aromatic ring is 1. The summed E-state index contributed by atoms with van der Waals surface area (Å²) in [5, 5.41) is 0. The van der Waals surface area contributed by atoms with E-state index in [4.69, 9.17) is 5.73 Å². The molecular formula is C24H19N. The topological polar surface area (TPSA) is 26.0 Å². The minimum atomic E-state index is 0.789. The van der Waals surface area contributed by atoms with Crippen LogP contribution in [0.15, 0.2) is 103 Å². The third kappa shape index (κ3) is 3.17. The van der Waals surface area contributed by atoms with E-state index in [1.807, 2.05) is 18.2 Å². The molecule has 0 atom stereocenters. The maximum atomic E-state index is 5.78. The average molecular weight is 321 g/mol. The normalized spacial score (nSPS) is 10.6. The zero-order valence-corrected chi connectivity index (χ0v) is 13.9. The first kappa shape index (κ1) is 15.2. The van der Waals surface area contributed by atoms with Crippen LogP contribution in [0.5, 0.6) is 0 Å². The van der Waals surface area contributed by atoms with E-state index in [9.17, 15) is 0 Å². The summed E-state index contributed by atoms with van der Waals surface area (Å²) in [6.07, 6.45) is 0. The monoisotopic (exact) mass is 321 g/mol. The summed E-state index contributed by atoms with van der Waals surface area (Å²) in [5.41, 5.74) is 13.9. The van der Waals surface area contributed by atoms with Gasteiger partial charge in [-0.25, -0.2) is 0 Å². The number of hydrogen-bond donors (Lipinski definition) is 1. The first-order chi connectivity index (χ1) is 12.3. The fraction of sp³-hybridized carbons (Fsp3) is 0. The molecule has 0 fully saturated rings.